The van der Waals surface area contributed by atoms with Crippen LogP contribution in [-0.4, -0.2) is 22.5 Å². The minimum absolute atomic E-state index is 0.380. The zero-order valence-corrected chi connectivity index (χ0v) is 15.7. The number of ether oxygens (including phenoxy) is 1. The largest absolute Gasteiger partial charge is 0.448 e. The fourth-order valence-corrected chi connectivity index (χ4v) is 4.35. The first kappa shape index (κ1) is 18.2. The number of nitrogens with one attached hydrogen (secondary N) is 1. The van der Waals surface area contributed by atoms with Crippen molar-refractivity contribution >= 4 is 28.2 Å². The normalized spacial score (nSPS) is 14.7. The Hall–Kier alpha value is -2.59. The van der Waals surface area contributed by atoms with E-state index in [1.54, 1.807) is 29.9 Å². The molecule has 3 rings (SSSR count). The van der Waals surface area contributed by atoms with Crippen LogP contribution in [0.3, 0.4) is 0 Å². The Morgan fingerprint density at radius 1 is 1.35 bits per heavy atom. The number of hydrogen-bond donors (Lipinski definition) is 1. The lowest BCUT2D eigenvalue weighted by Crippen LogP contribution is -2.30. The number of nitrogens with zero attached hydrogens (tertiary/aromatic N) is 2. The van der Waals surface area contributed by atoms with Crippen molar-refractivity contribution < 1.29 is 14.3 Å². The average molecular weight is 371 g/mol. The van der Waals surface area contributed by atoms with Gasteiger partial charge in [0.1, 0.15) is 16.8 Å². The number of amides is 1. The summed E-state index contributed by atoms with van der Waals surface area (Å²) >= 11 is 1.47. The Morgan fingerprint density at radius 2 is 2.12 bits per heavy atom. The third-order valence-corrected chi connectivity index (χ3v) is 5.78. The van der Waals surface area contributed by atoms with Crippen molar-refractivity contribution in [2.24, 2.45) is 7.05 Å². The number of carbonyl (C=O) groups is 2. The maximum atomic E-state index is 12.5. The van der Waals surface area contributed by atoms with Gasteiger partial charge in [-0.3, -0.25) is 4.79 Å². The second kappa shape index (κ2) is 7.75. The molecule has 0 unspecified atom stereocenters. The molecule has 2 heterocycles. The molecule has 1 amide bonds. The number of esters is 1. The molecule has 7 heteroatoms. The van der Waals surface area contributed by atoms with Crippen LogP contribution in [0, 0.1) is 11.3 Å². The van der Waals surface area contributed by atoms with Gasteiger partial charge < -0.3 is 14.6 Å². The standard InChI is InChI=1S/C19H21N3O3S/c1-12(25-19(24)15-8-6-10-22(15)2)17(23)21-18-14(11-20)13-7-4-3-5-9-16(13)26-18/h6,8,10,12H,3-5,7,9H2,1-2H3,(H,21,23)/t12-/m1/s1. The third kappa shape index (κ3) is 3.65. The molecule has 2 aromatic rings. The van der Waals surface area contributed by atoms with Gasteiger partial charge in [-0.15, -0.1) is 11.3 Å². The maximum Gasteiger partial charge on any atom is 0.355 e. The van der Waals surface area contributed by atoms with Crippen molar-refractivity contribution in [3.05, 3.63) is 40.0 Å². The number of aryl methyl sites for hydroxylation is 2. The molecule has 0 spiro atoms. The average Bonchev–Trinajstić information content (AvgIpc) is 3.10. The number of thiophene rings is 1. The molecule has 0 aliphatic heterocycles. The predicted octanol–water partition coefficient (Wildman–Crippen LogP) is 3.41. The van der Waals surface area contributed by atoms with Crippen LogP contribution >= 0.6 is 11.3 Å². The number of anilines is 1. The van der Waals surface area contributed by atoms with Crippen molar-refractivity contribution in [3.63, 3.8) is 0 Å². The Kier molecular flexibility index (Phi) is 5.43. The maximum absolute atomic E-state index is 12.5. The molecule has 0 saturated carbocycles. The van der Waals surface area contributed by atoms with Crippen LogP contribution in [0.2, 0.25) is 0 Å². The highest BCUT2D eigenvalue weighted by atomic mass is 32.1. The van der Waals surface area contributed by atoms with Crippen LogP contribution in [0.15, 0.2) is 18.3 Å². The summed E-state index contributed by atoms with van der Waals surface area (Å²) in [5, 5.41) is 12.9. The second-order valence-electron chi connectivity index (χ2n) is 6.42. The van der Waals surface area contributed by atoms with Crippen molar-refractivity contribution in [1.82, 2.24) is 4.57 Å². The number of carbonyl (C=O) groups excluding carboxylic acids is 2. The second-order valence-corrected chi connectivity index (χ2v) is 7.53. The van der Waals surface area contributed by atoms with E-state index in [1.165, 1.54) is 29.6 Å². The van der Waals surface area contributed by atoms with E-state index in [-0.39, 0.29) is 0 Å². The van der Waals surface area contributed by atoms with E-state index in [4.69, 9.17) is 4.74 Å². The summed E-state index contributed by atoms with van der Waals surface area (Å²) in [7, 11) is 1.74. The molecule has 6 nitrogen and oxygen atoms in total. The minimum Gasteiger partial charge on any atom is -0.448 e. The Morgan fingerprint density at radius 3 is 2.81 bits per heavy atom. The van der Waals surface area contributed by atoms with Gasteiger partial charge in [0.25, 0.3) is 5.91 Å². The molecule has 136 valence electrons. The minimum atomic E-state index is -0.953. The third-order valence-electron chi connectivity index (χ3n) is 4.58. The van der Waals surface area contributed by atoms with Gasteiger partial charge in [0.2, 0.25) is 0 Å². The molecular weight excluding hydrogens is 350 g/mol. The SMILES string of the molecule is C[C@@H](OC(=O)c1cccn1C)C(=O)Nc1sc2c(c1C#N)CCCCC2. The number of hydrogen-bond acceptors (Lipinski definition) is 5. The van der Waals surface area contributed by atoms with Gasteiger partial charge in [0.05, 0.1) is 5.56 Å². The van der Waals surface area contributed by atoms with Crippen LogP contribution in [-0.2, 0) is 29.4 Å². The smallest absolute Gasteiger partial charge is 0.355 e. The fraction of sp³-hybridized carbons (Fsp3) is 0.421. The van der Waals surface area contributed by atoms with E-state index in [0.29, 0.717) is 16.3 Å². The molecule has 2 aromatic heterocycles. The summed E-state index contributed by atoms with van der Waals surface area (Å²) < 4.78 is 6.89. The van der Waals surface area contributed by atoms with E-state index in [9.17, 15) is 14.9 Å². The summed E-state index contributed by atoms with van der Waals surface area (Å²) in [4.78, 5) is 25.8. The molecule has 0 bridgehead atoms. The van der Waals surface area contributed by atoms with Crippen LogP contribution in [0.4, 0.5) is 5.00 Å². The van der Waals surface area contributed by atoms with E-state index in [0.717, 1.165) is 31.2 Å². The molecule has 0 aromatic carbocycles. The molecule has 1 atom stereocenters. The monoisotopic (exact) mass is 371 g/mol. The van der Waals surface area contributed by atoms with Crippen LogP contribution in [0.5, 0.6) is 0 Å². The lowest BCUT2D eigenvalue weighted by molar-refractivity contribution is -0.123. The van der Waals surface area contributed by atoms with Gasteiger partial charge in [-0.25, -0.2) is 4.79 Å². The fourth-order valence-electron chi connectivity index (χ4n) is 3.11. The first-order valence-electron chi connectivity index (χ1n) is 8.69. The van der Waals surface area contributed by atoms with E-state index < -0.39 is 18.0 Å². The summed E-state index contributed by atoms with van der Waals surface area (Å²) in [6, 6.07) is 5.60. The summed E-state index contributed by atoms with van der Waals surface area (Å²) in [5.41, 5.74) is 2.00. The van der Waals surface area contributed by atoms with Crippen molar-refractivity contribution in [1.29, 1.82) is 5.26 Å². The lowest BCUT2D eigenvalue weighted by Gasteiger charge is -2.13. The zero-order chi connectivity index (χ0) is 18.7. The summed E-state index contributed by atoms with van der Waals surface area (Å²) in [5.74, 6) is -0.983. The summed E-state index contributed by atoms with van der Waals surface area (Å²) in [6.07, 6.45) is 5.95. The van der Waals surface area contributed by atoms with E-state index >= 15 is 0 Å². The Bertz CT molecular complexity index is 875. The summed E-state index contributed by atoms with van der Waals surface area (Å²) in [6.45, 7) is 1.53. The van der Waals surface area contributed by atoms with Crippen LogP contribution < -0.4 is 5.32 Å². The van der Waals surface area contributed by atoms with Gasteiger partial charge in [0.15, 0.2) is 6.10 Å². The first-order valence-corrected chi connectivity index (χ1v) is 9.50. The Balaban J connectivity index is 1.71. The molecule has 0 saturated heterocycles. The predicted molar refractivity (Wildman–Crippen MR) is 99.2 cm³/mol. The number of aromatic nitrogens is 1. The van der Waals surface area contributed by atoms with Gasteiger partial charge in [-0.2, -0.15) is 5.26 Å². The Labute approximate surface area is 156 Å². The van der Waals surface area contributed by atoms with E-state index in [1.807, 2.05) is 0 Å². The topological polar surface area (TPSA) is 84.1 Å². The first-order chi connectivity index (χ1) is 12.5. The van der Waals surface area contributed by atoms with Gasteiger partial charge in [0, 0.05) is 18.1 Å². The van der Waals surface area contributed by atoms with E-state index in [2.05, 4.69) is 11.4 Å². The van der Waals surface area contributed by atoms with Crippen molar-refractivity contribution in [2.45, 2.75) is 45.1 Å². The molecule has 1 N–H and O–H groups in total. The zero-order valence-electron chi connectivity index (χ0n) is 14.9. The lowest BCUT2D eigenvalue weighted by atomic mass is 10.1. The van der Waals surface area contributed by atoms with Crippen molar-refractivity contribution in [3.8, 4) is 6.07 Å². The van der Waals surface area contributed by atoms with Gasteiger partial charge in [-0.05, 0) is 50.3 Å². The highest BCUT2D eigenvalue weighted by molar-refractivity contribution is 7.16. The highest BCUT2D eigenvalue weighted by Crippen LogP contribution is 2.37. The molecule has 1 aliphatic rings. The van der Waals surface area contributed by atoms with Crippen LogP contribution in [0.1, 0.15) is 52.7 Å². The quantitative estimate of drug-likeness (QED) is 0.659. The van der Waals surface area contributed by atoms with Gasteiger partial charge >= 0.3 is 5.97 Å². The highest BCUT2D eigenvalue weighted by Gasteiger charge is 2.25. The molecule has 26 heavy (non-hydrogen) atoms. The molecule has 0 fully saturated rings. The number of rotatable bonds is 4. The number of fused-ring (bicyclic) bond motifs is 1. The van der Waals surface area contributed by atoms with Gasteiger partial charge in [-0.1, -0.05) is 6.42 Å². The molecule has 0 radical (unpaired) electrons. The number of nitriles is 1. The molecule has 1 aliphatic carbocycles. The molecular formula is C19H21N3O3S. The van der Waals surface area contributed by atoms with Crippen molar-refractivity contribution in [2.75, 3.05) is 5.32 Å². The van der Waals surface area contributed by atoms with Crippen LogP contribution in [0.25, 0.3) is 0 Å².